The zero-order chi connectivity index (χ0) is 21.0. The Balaban J connectivity index is 2.65. The van der Waals surface area contributed by atoms with Crippen molar-refractivity contribution in [2.24, 2.45) is 10.9 Å². The predicted molar refractivity (Wildman–Crippen MR) is 118 cm³/mol. The number of nitrogens with zero attached hydrogens (tertiary/aromatic N) is 3. The summed E-state index contributed by atoms with van der Waals surface area (Å²) < 4.78 is 5.39. The lowest BCUT2D eigenvalue weighted by atomic mass is 10.0. The summed E-state index contributed by atoms with van der Waals surface area (Å²) in [7, 11) is 0. The van der Waals surface area contributed by atoms with Crippen molar-refractivity contribution >= 4 is 5.96 Å². The van der Waals surface area contributed by atoms with E-state index in [9.17, 15) is 5.11 Å². The molecule has 2 unspecified atom stereocenters. The molecule has 28 heavy (non-hydrogen) atoms. The Morgan fingerprint density at radius 3 is 2.36 bits per heavy atom. The topological polar surface area (TPSA) is 72.4 Å². The Morgan fingerprint density at radius 2 is 1.82 bits per heavy atom. The highest BCUT2D eigenvalue weighted by Crippen LogP contribution is 2.11. The van der Waals surface area contributed by atoms with Gasteiger partial charge in [0.15, 0.2) is 5.96 Å². The van der Waals surface area contributed by atoms with Crippen LogP contribution in [0.4, 0.5) is 0 Å². The van der Waals surface area contributed by atoms with Gasteiger partial charge in [-0.1, -0.05) is 27.7 Å². The first-order valence-corrected chi connectivity index (χ1v) is 11.1. The molecular weight excluding hydrogens is 354 g/mol. The first-order valence-electron chi connectivity index (χ1n) is 11.1. The molecular formula is C21H45N5O2. The summed E-state index contributed by atoms with van der Waals surface area (Å²) in [6.45, 7) is 20.9. The van der Waals surface area contributed by atoms with Gasteiger partial charge in [-0.05, 0) is 39.3 Å². The summed E-state index contributed by atoms with van der Waals surface area (Å²) in [5, 5.41) is 17.6. The predicted octanol–water partition coefficient (Wildman–Crippen LogP) is 1.38. The van der Waals surface area contributed by atoms with E-state index in [-0.39, 0.29) is 0 Å². The van der Waals surface area contributed by atoms with Crippen molar-refractivity contribution in [2.45, 2.75) is 59.6 Å². The maximum Gasteiger partial charge on any atom is 0.191 e. The van der Waals surface area contributed by atoms with Gasteiger partial charge in [0.2, 0.25) is 0 Å². The smallest absolute Gasteiger partial charge is 0.191 e. The Morgan fingerprint density at radius 1 is 1.18 bits per heavy atom. The molecule has 1 heterocycles. The van der Waals surface area contributed by atoms with Gasteiger partial charge in [-0.15, -0.1) is 0 Å². The summed E-state index contributed by atoms with van der Waals surface area (Å²) in [6.07, 6.45) is 1.16. The SMILES string of the molecule is CCNC(=NCC(C)(O)CN1CCOCC1)NCC(CC(C)C)N(CC)CC. The van der Waals surface area contributed by atoms with E-state index in [2.05, 4.69) is 60.0 Å². The molecule has 0 spiro atoms. The van der Waals surface area contributed by atoms with Crippen molar-refractivity contribution in [1.82, 2.24) is 20.4 Å². The molecule has 1 fully saturated rings. The van der Waals surface area contributed by atoms with E-state index < -0.39 is 5.60 Å². The van der Waals surface area contributed by atoms with Crippen molar-refractivity contribution < 1.29 is 9.84 Å². The fourth-order valence-corrected chi connectivity index (χ4v) is 3.74. The molecule has 0 saturated carbocycles. The fourth-order valence-electron chi connectivity index (χ4n) is 3.74. The zero-order valence-corrected chi connectivity index (χ0v) is 19.1. The largest absolute Gasteiger partial charge is 0.387 e. The zero-order valence-electron chi connectivity index (χ0n) is 19.1. The minimum absolute atomic E-state index is 0.375. The van der Waals surface area contributed by atoms with Gasteiger partial charge in [-0.3, -0.25) is 14.8 Å². The van der Waals surface area contributed by atoms with Crippen LogP contribution in [0.15, 0.2) is 4.99 Å². The number of morpholine rings is 1. The molecule has 0 aromatic carbocycles. The third kappa shape index (κ3) is 10.0. The first kappa shape index (κ1) is 25.1. The van der Waals surface area contributed by atoms with E-state index >= 15 is 0 Å². The highest BCUT2D eigenvalue weighted by Gasteiger charge is 2.25. The molecule has 2 atom stereocenters. The number of hydrogen-bond donors (Lipinski definition) is 3. The van der Waals surface area contributed by atoms with Crippen LogP contribution in [-0.4, -0.2) is 98.1 Å². The number of aliphatic imine (C=N–C) groups is 1. The van der Waals surface area contributed by atoms with Crippen LogP contribution in [-0.2, 0) is 4.74 Å². The van der Waals surface area contributed by atoms with E-state index in [1.54, 1.807) is 0 Å². The minimum atomic E-state index is -0.851. The van der Waals surface area contributed by atoms with Crippen molar-refractivity contribution in [3.63, 3.8) is 0 Å². The summed E-state index contributed by atoms with van der Waals surface area (Å²) in [5.74, 6) is 1.44. The quantitative estimate of drug-likeness (QED) is 0.340. The molecule has 1 rings (SSSR count). The maximum atomic E-state index is 10.8. The van der Waals surface area contributed by atoms with Gasteiger partial charge in [-0.25, -0.2) is 0 Å². The lowest BCUT2D eigenvalue weighted by molar-refractivity contribution is -0.0180. The standard InChI is InChI=1S/C21H45N5O2/c1-7-22-20(23-15-19(14-18(4)5)26(8-2)9-3)24-16-21(6,27)17-25-10-12-28-13-11-25/h18-19,27H,7-17H2,1-6H3,(H2,22,23,24). The van der Waals surface area contributed by atoms with Crippen LogP contribution in [0.3, 0.4) is 0 Å². The second-order valence-corrected chi connectivity index (χ2v) is 8.47. The molecule has 1 aliphatic heterocycles. The first-order chi connectivity index (χ1) is 13.3. The maximum absolute atomic E-state index is 10.8. The number of β-amino-alcohol motifs (C(OH)–C–C–N with tert-alkyl or cyclic N) is 1. The highest BCUT2D eigenvalue weighted by atomic mass is 16.5. The molecule has 0 aromatic rings. The van der Waals surface area contributed by atoms with Crippen molar-refractivity contribution in [3.8, 4) is 0 Å². The van der Waals surface area contributed by atoms with E-state index in [0.717, 1.165) is 64.9 Å². The summed E-state index contributed by atoms with van der Waals surface area (Å²) in [5.41, 5.74) is -0.851. The van der Waals surface area contributed by atoms with Crippen LogP contribution in [0, 0.1) is 5.92 Å². The van der Waals surface area contributed by atoms with Gasteiger partial charge in [0, 0.05) is 38.8 Å². The van der Waals surface area contributed by atoms with Gasteiger partial charge in [0.05, 0.1) is 25.4 Å². The van der Waals surface area contributed by atoms with Crippen LogP contribution >= 0.6 is 0 Å². The lowest BCUT2D eigenvalue weighted by Crippen LogP contribution is -2.49. The van der Waals surface area contributed by atoms with Gasteiger partial charge in [-0.2, -0.15) is 0 Å². The third-order valence-electron chi connectivity index (χ3n) is 5.17. The summed E-state index contributed by atoms with van der Waals surface area (Å²) in [4.78, 5) is 9.43. The number of aliphatic hydroxyl groups is 1. The highest BCUT2D eigenvalue weighted by molar-refractivity contribution is 5.79. The van der Waals surface area contributed by atoms with Crippen molar-refractivity contribution in [3.05, 3.63) is 0 Å². The monoisotopic (exact) mass is 399 g/mol. The van der Waals surface area contributed by atoms with Gasteiger partial charge < -0.3 is 20.5 Å². The van der Waals surface area contributed by atoms with E-state index in [1.165, 1.54) is 0 Å². The summed E-state index contributed by atoms with van der Waals surface area (Å²) >= 11 is 0. The molecule has 7 nitrogen and oxygen atoms in total. The van der Waals surface area contributed by atoms with Crippen molar-refractivity contribution in [1.29, 1.82) is 0 Å². The Labute approximate surface area is 172 Å². The van der Waals surface area contributed by atoms with Gasteiger partial charge in [0.1, 0.15) is 0 Å². The van der Waals surface area contributed by atoms with Crippen molar-refractivity contribution in [2.75, 3.05) is 65.6 Å². The number of rotatable bonds is 12. The Kier molecular flexibility index (Phi) is 12.0. The van der Waals surface area contributed by atoms with E-state index in [4.69, 9.17) is 4.74 Å². The second-order valence-electron chi connectivity index (χ2n) is 8.47. The number of guanidine groups is 1. The van der Waals surface area contributed by atoms with E-state index in [0.29, 0.717) is 25.0 Å². The lowest BCUT2D eigenvalue weighted by Gasteiger charge is -2.33. The number of likely N-dealkylation sites (N-methyl/N-ethyl adjacent to an activating group) is 1. The average molecular weight is 400 g/mol. The van der Waals surface area contributed by atoms with Crippen LogP contribution in [0.2, 0.25) is 0 Å². The van der Waals surface area contributed by atoms with Gasteiger partial charge >= 0.3 is 0 Å². The molecule has 0 bridgehead atoms. The molecule has 7 heteroatoms. The minimum Gasteiger partial charge on any atom is -0.387 e. The molecule has 0 radical (unpaired) electrons. The summed E-state index contributed by atoms with van der Waals surface area (Å²) in [6, 6.07) is 0.479. The molecule has 1 aliphatic rings. The third-order valence-corrected chi connectivity index (χ3v) is 5.17. The number of nitrogens with one attached hydrogen (secondary N) is 2. The molecule has 1 saturated heterocycles. The van der Waals surface area contributed by atoms with Crippen LogP contribution < -0.4 is 10.6 Å². The van der Waals surface area contributed by atoms with Crippen LogP contribution in [0.1, 0.15) is 48.0 Å². The number of hydrogen-bond acceptors (Lipinski definition) is 5. The van der Waals surface area contributed by atoms with Crippen LogP contribution in [0.5, 0.6) is 0 Å². The normalized spacial score (nSPS) is 19.7. The second kappa shape index (κ2) is 13.4. The number of ether oxygens (including phenoxy) is 1. The van der Waals surface area contributed by atoms with E-state index in [1.807, 2.05) is 6.92 Å². The fraction of sp³-hybridized carbons (Fsp3) is 0.952. The Bertz CT molecular complexity index is 433. The molecule has 166 valence electrons. The molecule has 3 N–H and O–H groups in total. The molecule has 0 aromatic heterocycles. The molecule has 0 aliphatic carbocycles. The molecule has 0 amide bonds. The van der Waals surface area contributed by atoms with Gasteiger partial charge in [0.25, 0.3) is 0 Å². The Hall–Kier alpha value is -0.890. The average Bonchev–Trinajstić information content (AvgIpc) is 2.64. The van der Waals surface area contributed by atoms with Crippen LogP contribution in [0.25, 0.3) is 0 Å².